The molecule has 106 valence electrons. The predicted octanol–water partition coefficient (Wildman–Crippen LogP) is 6.02. The minimum atomic E-state index is 0.330. The smallest absolute Gasteiger partial charge is 0.108 e. The average Bonchev–Trinajstić information content (AvgIpc) is 2.49. The number of hydrogen-bond donors (Lipinski definition) is 0. The van der Waals surface area contributed by atoms with Crippen LogP contribution in [0.3, 0.4) is 0 Å². The molecule has 1 aromatic rings. The van der Waals surface area contributed by atoms with Crippen LogP contribution in [0, 0.1) is 25.2 Å². The summed E-state index contributed by atoms with van der Waals surface area (Å²) in [5.41, 5.74) is 2.77. The van der Waals surface area contributed by atoms with Gasteiger partial charge >= 0.3 is 0 Å². The summed E-state index contributed by atoms with van der Waals surface area (Å²) in [6, 6.07) is 0. The Bertz CT molecular complexity index is 465. The van der Waals surface area contributed by atoms with Gasteiger partial charge in [-0.15, -0.1) is 0 Å². The summed E-state index contributed by atoms with van der Waals surface area (Å²) in [6.45, 7) is 15.2. The van der Waals surface area contributed by atoms with Crippen molar-refractivity contribution in [3.8, 4) is 0 Å². The van der Waals surface area contributed by atoms with Crippen molar-refractivity contribution in [1.29, 1.82) is 0 Å². The Labute approximate surface area is 118 Å². The van der Waals surface area contributed by atoms with E-state index in [1.165, 1.54) is 11.1 Å². The van der Waals surface area contributed by atoms with Crippen molar-refractivity contribution in [3.05, 3.63) is 34.8 Å². The van der Waals surface area contributed by atoms with Gasteiger partial charge in [0.15, 0.2) is 0 Å². The maximum atomic E-state index is 5.76. The van der Waals surface area contributed by atoms with E-state index in [1.807, 2.05) is 13.8 Å². The number of rotatable bonds is 4. The van der Waals surface area contributed by atoms with Crippen molar-refractivity contribution in [2.45, 2.75) is 54.9 Å². The van der Waals surface area contributed by atoms with Gasteiger partial charge in [0.05, 0.1) is 0 Å². The van der Waals surface area contributed by atoms with Crippen LogP contribution in [0.25, 0.3) is 12.2 Å². The topological polar surface area (TPSA) is 13.1 Å². The maximum absolute atomic E-state index is 5.76. The fourth-order valence-electron chi connectivity index (χ4n) is 1.95. The molecule has 0 bridgehead atoms. The summed E-state index contributed by atoms with van der Waals surface area (Å²) in [7, 11) is 0. The van der Waals surface area contributed by atoms with E-state index in [0.717, 1.165) is 17.9 Å². The molecule has 0 radical (unpaired) electrons. The van der Waals surface area contributed by atoms with Crippen LogP contribution >= 0.6 is 0 Å². The highest BCUT2D eigenvalue weighted by Crippen LogP contribution is 2.26. The number of hydrogen-bond acceptors (Lipinski definition) is 1. The third kappa shape index (κ3) is 5.10. The molecule has 0 saturated carbocycles. The normalized spacial score (nSPS) is 13.3. The molecule has 19 heavy (non-hydrogen) atoms. The zero-order valence-corrected chi connectivity index (χ0v) is 13.5. The van der Waals surface area contributed by atoms with E-state index < -0.39 is 0 Å². The SMILES string of the molecule is Cc1oc(C)c(/C=C\C(C)C)c1/C=C\CC(C)(C)C. The summed E-state index contributed by atoms with van der Waals surface area (Å²) in [4.78, 5) is 0. The van der Waals surface area contributed by atoms with Gasteiger partial charge in [0, 0.05) is 11.1 Å². The number of allylic oxidation sites excluding steroid dienone is 2. The molecular formula is C18H28O. The Morgan fingerprint density at radius 3 is 2.00 bits per heavy atom. The second kappa shape index (κ2) is 6.27. The molecule has 0 spiro atoms. The van der Waals surface area contributed by atoms with E-state index in [1.54, 1.807) is 0 Å². The van der Waals surface area contributed by atoms with Gasteiger partial charge in [-0.25, -0.2) is 0 Å². The largest absolute Gasteiger partial charge is 0.465 e. The molecular weight excluding hydrogens is 232 g/mol. The van der Waals surface area contributed by atoms with Crippen LogP contribution in [0.2, 0.25) is 0 Å². The molecule has 0 N–H and O–H groups in total. The minimum absolute atomic E-state index is 0.330. The quantitative estimate of drug-likeness (QED) is 0.645. The first-order valence-corrected chi connectivity index (χ1v) is 7.15. The van der Waals surface area contributed by atoms with Crippen molar-refractivity contribution >= 4 is 12.2 Å². The first-order chi connectivity index (χ1) is 8.70. The van der Waals surface area contributed by atoms with E-state index in [9.17, 15) is 0 Å². The first kappa shape index (κ1) is 15.8. The van der Waals surface area contributed by atoms with Crippen molar-refractivity contribution in [2.75, 3.05) is 0 Å². The molecule has 1 heterocycles. The lowest BCUT2D eigenvalue weighted by Gasteiger charge is -2.14. The zero-order valence-electron chi connectivity index (χ0n) is 13.5. The molecule has 0 aliphatic carbocycles. The molecule has 0 aromatic carbocycles. The van der Waals surface area contributed by atoms with Crippen LogP contribution < -0.4 is 0 Å². The molecule has 0 saturated heterocycles. The van der Waals surface area contributed by atoms with Crippen LogP contribution in [0.5, 0.6) is 0 Å². The lowest BCUT2D eigenvalue weighted by molar-refractivity contribution is 0.421. The summed E-state index contributed by atoms with van der Waals surface area (Å²) in [6.07, 6.45) is 9.94. The molecule has 0 amide bonds. The summed E-state index contributed by atoms with van der Waals surface area (Å²) in [5, 5.41) is 0. The van der Waals surface area contributed by atoms with Gasteiger partial charge in [0.1, 0.15) is 11.5 Å². The number of aryl methyl sites for hydroxylation is 2. The molecule has 0 aliphatic heterocycles. The van der Waals surface area contributed by atoms with Crippen LogP contribution in [0.1, 0.15) is 63.7 Å². The van der Waals surface area contributed by atoms with E-state index in [4.69, 9.17) is 4.42 Å². The lowest BCUT2D eigenvalue weighted by atomic mass is 9.91. The van der Waals surface area contributed by atoms with Gasteiger partial charge in [-0.05, 0) is 31.6 Å². The third-order valence-electron chi connectivity index (χ3n) is 3.02. The van der Waals surface area contributed by atoms with E-state index in [2.05, 4.69) is 58.9 Å². The first-order valence-electron chi connectivity index (χ1n) is 7.15. The Kier molecular flexibility index (Phi) is 5.22. The van der Waals surface area contributed by atoms with Crippen molar-refractivity contribution in [2.24, 2.45) is 11.3 Å². The van der Waals surface area contributed by atoms with Gasteiger partial charge in [-0.2, -0.15) is 0 Å². The monoisotopic (exact) mass is 260 g/mol. The van der Waals surface area contributed by atoms with E-state index in [0.29, 0.717) is 11.3 Å². The van der Waals surface area contributed by atoms with Gasteiger partial charge in [-0.3, -0.25) is 0 Å². The third-order valence-corrected chi connectivity index (χ3v) is 3.02. The van der Waals surface area contributed by atoms with Crippen LogP contribution in [0.15, 0.2) is 16.6 Å². The molecule has 1 rings (SSSR count). The molecule has 1 aromatic heterocycles. The molecule has 1 heteroatoms. The second-order valence-corrected chi connectivity index (χ2v) is 6.81. The predicted molar refractivity (Wildman–Crippen MR) is 85.2 cm³/mol. The van der Waals surface area contributed by atoms with Crippen LogP contribution in [0.4, 0.5) is 0 Å². The second-order valence-electron chi connectivity index (χ2n) is 6.81. The van der Waals surface area contributed by atoms with E-state index in [-0.39, 0.29) is 0 Å². The Balaban J connectivity index is 3.00. The summed E-state index contributed by atoms with van der Waals surface area (Å²) < 4.78 is 5.76. The number of furan rings is 1. The molecule has 0 unspecified atom stereocenters. The van der Waals surface area contributed by atoms with Crippen molar-refractivity contribution in [1.82, 2.24) is 0 Å². The lowest BCUT2D eigenvalue weighted by Crippen LogP contribution is -2.01. The van der Waals surface area contributed by atoms with E-state index >= 15 is 0 Å². The van der Waals surface area contributed by atoms with Crippen LogP contribution in [-0.4, -0.2) is 0 Å². The van der Waals surface area contributed by atoms with Gasteiger partial charge < -0.3 is 4.42 Å². The van der Waals surface area contributed by atoms with Gasteiger partial charge in [-0.1, -0.05) is 58.9 Å². The fraction of sp³-hybridized carbons (Fsp3) is 0.556. The fourth-order valence-corrected chi connectivity index (χ4v) is 1.95. The molecule has 0 fully saturated rings. The van der Waals surface area contributed by atoms with Crippen molar-refractivity contribution in [3.63, 3.8) is 0 Å². The summed E-state index contributed by atoms with van der Waals surface area (Å²) in [5.74, 6) is 2.57. The Morgan fingerprint density at radius 1 is 1.00 bits per heavy atom. The highest BCUT2D eigenvalue weighted by Gasteiger charge is 2.11. The Hall–Kier alpha value is -1.24. The molecule has 1 nitrogen and oxygen atoms in total. The highest BCUT2D eigenvalue weighted by molar-refractivity contribution is 5.68. The zero-order chi connectivity index (χ0) is 14.6. The standard InChI is InChI=1S/C18H28O/c1-13(2)10-11-17-15(4)19-14(3)16(17)9-8-12-18(5,6)7/h8-11,13H,12H2,1-7H3/b9-8-,11-10-. The van der Waals surface area contributed by atoms with Crippen molar-refractivity contribution < 1.29 is 4.42 Å². The summed E-state index contributed by atoms with van der Waals surface area (Å²) >= 11 is 0. The maximum Gasteiger partial charge on any atom is 0.108 e. The molecule has 0 atom stereocenters. The van der Waals surface area contributed by atoms with Gasteiger partial charge in [0.2, 0.25) is 0 Å². The Morgan fingerprint density at radius 2 is 1.53 bits per heavy atom. The molecule has 0 aliphatic rings. The average molecular weight is 260 g/mol. The minimum Gasteiger partial charge on any atom is -0.465 e. The van der Waals surface area contributed by atoms with Crippen LogP contribution in [-0.2, 0) is 0 Å². The van der Waals surface area contributed by atoms with Gasteiger partial charge in [0.25, 0.3) is 0 Å². The highest BCUT2D eigenvalue weighted by atomic mass is 16.3.